The molecule has 3 rings (SSSR count). The van der Waals surface area contributed by atoms with Crippen LogP contribution in [0.3, 0.4) is 0 Å². The Morgan fingerprint density at radius 3 is 2.85 bits per heavy atom. The number of hydrogen-bond acceptors (Lipinski definition) is 2. The quantitative estimate of drug-likeness (QED) is 0.492. The molecule has 2 aliphatic rings. The molecule has 2 nitrogen and oxygen atoms in total. The predicted molar refractivity (Wildman–Crippen MR) is 110 cm³/mol. The number of fused-ring (bicyclic) bond motifs is 1. The van der Waals surface area contributed by atoms with Crippen LogP contribution in [0.25, 0.3) is 0 Å². The Kier molecular flexibility index (Phi) is 6.94. The Balaban J connectivity index is 1.54. The molecule has 26 heavy (non-hydrogen) atoms. The first-order valence-corrected chi connectivity index (χ1v) is 10.8. The van der Waals surface area contributed by atoms with Gasteiger partial charge in [0.25, 0.3) is 0 Å². The van der Waals surface area contributed by atoms with Gasteiger partial charge in [-0.05, 0) is 79.9 Å². The summed E-state index contributed by atoms with van der Waals surface area (Å²) in [5, 5.41) is 9.51. The van der Waals surface area contributed by atoms with Crippen LogP contribution in [-0.4, -0.2) is 17.3 Å². The van der Waals surface area contributed by atoms with E-state index >= 15 is 0 Å². The van der Waals surface area contributed by atoms with E-state index in [1.165, 1.54) is 56.9 Å². The molecular weight excluding hydrogens is 318 g/mol. The highest BCUT2D eigenvalue weighted by molar-refractivity contribution is 5.37. The first-order valence-electron chi connectivity index (χ1n) is 10.8. The highest BCUT2D eigenvalue weighted by Crippen LogP contribution is 2.40. The summed E-state index contributed by atoms with van der Waals surface area (Å²) < 4.78 is 0. The number of hydrogen-bond donors (Lipinski definition) is 2. The van der Waals surface area contributed by atoms with Crippen LogP contribution in [0.4, 0.5) is 0 Å². The lowest BCUT2D eigenvalue weighted by Crippen LogP contribution is -2.40. The van der Waals surface area contributed by atoms with E-state index in [2.05, 4.69) is 37.3 Å². The number of rotatable bonds is 8. The van der Waals surface area contributed by atoms with Crippen LogP contribution in [0.5, 0.6) is 0 Å². The molecule has 144 valence electrons. The zero-order chi connectivity index (χ0) is 18.4. The Labute approximate surface area is 159 Å². The Hall–Kier alpha value is -1.12. The van der Waals surface area contributed by atoms with Crippen LogP contribution in [0.2, 0.25) is 0 Å². The summed E-state index contributed by atoms with van der Waals surface area (Å²) in [6.07, 6.45) is 18.2. The van der Waals surface area contributed by atoms with Crippen molar-refractivity contribution in [2.24, 2.45) is 11.7 Å². The van der Waals surface area contributed by atoms with Gasteiger partial charge < -0.3 is 10.8 Å². The zero-order valence-electron chi connectivity index (χ0n) is 16.6. The van der Waals surface area contributed by atoms with E-state index < -0.39 is 0 Å². The van der Waals surface area contributed by atoms with Gasteiger partial charge in [-0.1, -0.05) is 56.5 Å². The maximum absolute atomic E-state index is 9.51. The highest BCUT2D eigenvalue weighted by Gasteiger charge is 2.36. The van der Waals surface area contributed by atoms with Crippen molar-refractivity contribution in [2.45, 2.75) is 89.0 Å². The summed E-state index contributed by atoms with van der Waals surface area (Å²) in [6.45, 7) is 2.38. The number of allylic oxidation sites excluding steroid dienone is 2. The van der Waals surface area contributed by atoms with Gasteiger partial charge in [0.05, 0.1) is 6.61 Å². The van der Waals surface area contributed by atoms with Crippen LogP contribution in [0.1, 0.15) is 87.3 Å². The van der Waals surface area contributed by atoms with Crippen molar-refractivity contribution >= 4 is 0 Å². The molecule has 1 aromatic carbocycles. The molecule has 0 amide bonds. The molecule has 1 saturated carbocycles. The fourth-order valence-electron chi connectivity index (χ4n) is 4.78. The van der Waals surface area contributed by atoms with Crippen LogP contribution in [0.15, 0.2) is 30.4 Å². The van der Waals surface area contributed by atoms with Crippen molar-refractivity contribution in [1.29, 1.82) is 0 Å². The molecule has 2 aliphatic carbocycles. The summed E-state index contributed by atoms with van der Waals surface area (Å²) >= 11 is 0. The Bertz CT molecular complexity index is 608. The van der Waals surface area contributed by atoms with E-state index in [9.17, 15) is 5.11 Å². The average Bonchev–Trinajstić information content (AvgIpc) is 3.07. The summed E-state index contributed by atoms with van der Waals surface area (Å²) in [7, 11) is 0. The fourth-order valence-corrected chi connectivity index (χ4v) is 4.78. The van der Waals surface area contributed by atoms with E-state index in [-0.39, 0.29) is 12.1 Å². The molecule has 0 saturated heterocycles. The van der Waals surface area contributed by atoms with Crippen LogP contribution < -0.4 is 5.73 Å². The molecular formula is C24H37NO. The topological polar surface area (TPSA) is 46.2 Å². The normalized spacial score (nSPS) is 28.6. The highest BCUT2D eigenvalue weighted by atomic mass is 16.3. The third-order valence-corrected chi connectivity index (χ3v) is 6.56. The van der Waals surface area contributed by atoms with E-state index in [1.54, 1.807) is 11.1 Å². The lowest BCUT2D eigenvalue weighted by atomic mass is 9.81. The van der Waals surface area contributed by atoms with Crippen molar-refractivity contribution < 1.29 is 5.11 Å². The van der Waals surface area contributed by atoms with Gasteiger partial charge in [0.2, 0.25) is 0 Å². The lowest BCUT2D eigenvalue weighted by Gasteiger charge is -2.25. The van der Waals surface area contributed by atoms with Gasteiger partial charge in [0.15, 0.2) is 0 Å². The fraction of sp³-hybridized carbons (Fsp3) is 0.667. The molecule has 0 radical (unpaired) electrons. The van der Waals surface area contributed by atoms with Crippen molar-refractivity contribution in [2.75, 3.05) is 6.61 Å². The Morgan fingerprint density at radius 1 is 1.19 bits per heavy atom. The molecule has 0 aromatic heterocycles. The van der Waals surface area contributed by atoms with Gasteiger partial charge in [-0.3, -0.25) is 0 Å². The second kappa shape index (κ2) is 9.19. The molecule has 1 aromatic rings. The average molecular weight is 356 g/mol. The minimum atomic E-state index is -0.354. The SMILES string of the molecule is CCCCCC/C=C/[C@H]1CCc2cc([C@H]3CC[C@](N)(CO)C3)ccc2C1. The van der Waals surface area contributed by atoms with E-state index in [4.69, 9.17) is 5.73 Å². The molecule has 0 spiro atoms. The summed E-state index contributed by atoms with van der Waals surface area (Å²) in [6, 6.07) is 7.12. The molecule has 0 unspecified atom stereocenters. The third kappa shape index (κ3) is 4.98. The van der Waals surface area contributed by atoms with Gasteiger partial charge >= 0.3 is 0 Å². The Morgan fingerprint density at radius 2 is 2.08 bits per heavy atom. The van der Waals surface area contributed by atoms with Crippen molar-refractivity contribution in [1.82, 2.24) is 0 Å². The summed E-state index contributed by atoms with van der Waals surface area (Å²) in [5.41, 5.74) is 10.4. The minimum absolute atomic E-state index is 0.112. The maximum atomic E-state index is 9.51. The maximum Gasteiger partial charge on any atom is 0.0611 e. The van der Waals surface area contributed by atoms with Crippen LogP contribution in [0, 0.1) is 5.92 Å². The molecule has 0 aliphatic heterocycles. The molecule has 3 N–H and O–H groups in total. The number of aliphatic hydroxyl groups is 1. The summed E-state index contributed by atoms with van der Waals surface area (Å²) in [4.78, 5) is 0. The second-order valence-corrected chi connectivity index (χ2v) is 8.77. The van der Waals surface area contributed by atoms with Crippen LogP contribution >= 0.6 is 0 Å². The predicted octanol–water partition coefficient (Wildman–Crippen LogP) is 5.28. The number of unbranched alkanes of at least 4 members (excludes halogenated alkanes) is 4. The first-order chi connectivity index (χ1) is 12.6. The van der Waals surface area contributed by atoms with Gasteiger partial charge in [-0.25, -0.2) is 0 Å². The van der Waals surface area contributed by atoms with Crippen molar-refractivity contribution in [3.8, 4) is 0 Å². The van der Waals surface area contributed by atoms with Gasteiger partial charge in [-0.2, -0.15) is 0 Å². The van der Waals surface area contributed by atoms with Crippen LogP contribution in [-0.2, 0) is 12.8 Å². The second-order valence-electron chi connectivity index (χ2n) is 8.77. The monoisotopic (exact) mass is 355 g/mol. The molecule has 2 heteroatoms. The summed E-state index contributed by atoms with van der Waals surface area (Å²) in [5.74, 6) is 1.25. The largest absolute Gasteiger partial charge is 0.394 e. The smallest absolute Gasteiger partial charge is 0.0611 e. The lowest BCUT2D eigenvalue weighted by molar-refractivity contribution is 0.198. The molecule has 0 bridgehead atoms. The number of aryl methyl sites for hydroxylation is 1. The number of benzene rings is 1. The third-order valence-electron chi connectivity index (χ3n) is 6.56. The zero-order valence-corrected chi connectivity index (χ0v) is 16.6. The van der Waals surface area contributed by atoms with Crippen molar-refractivity contribution in [3.05, 3.63) is 47.0 Å². The van der Waals surface area contributed by atoms with Gasteiger partial charge in [0.1, 0.15) is 0 Å². The molecule has 1 fully saturated rings. The van der Waals surface area contributed by atoms with Gasteiger partial charge in [0, 0.05) is 5.54 Å². The van der Waals surface area contributed by atoms with E-state index in [0.29, 0.717) is 5.92 Å². The first kappa shape index (κ1) is 19.6. The van der Waals surface area contributed by atoms with Crippen molar-refractivity contribution in [3.63, 3.8) is 0 Å². The number of aliphatic hydroxyl groups excluding tert-OH is 1. The van der Waals surface area contributed by atoms with Gasteiger partial charge in [-0.15, -0.1) is 0 Å². The standard InChI is InChI=1S/C24H37NO/c1-2-3-4-5-6-7-8-19-9-10-21-16-22(12-11-20(21)15-19)23-13-14-24(25,17-23)18-26/h7-8,11-12,16,19,23,26H,2-6,9-10,13-15,17-18,25H2,1H3/b8-7+/t19-,23-,24+/m0/s1. The van der Waals surface area contributed by atoms with E-state index in [0.717, 1.165) is 25.2 Å². The number of nitrogens with two attached hydrogens (primary N) is 1. The molecule has 0 heterocycles. The minimum Gasteiger partial charge on any atom is -0.394 e. The molecule has 3 atom stereocenters. The van der Waals surface area contributed by atoms with E-state index in [1.807, 2.05) is 0 Å².